The van der Waals surface area contributed by atoms with Crippen molar-refractivity contribution in [3.8, 4) is 39.1 Å². The van der Waals surface area contributed by atoms with E-state index in [-0.39, 0.29) is 11.5 Å². The highest BCUT2D eigenvalue weighted by Gasteiger charge is 2.53. The highest BCUT2D eigenvalue weighted by atomic mass is 15.0. The van der Waals surface area contributed by atoms with E-state index in [0.717, 1.165) is 55.2 Å². The molecule has 5 aliphatic carbocycles. The maximum Gasteiger partial charge on any atom is 0.0714 e. The lowest BCUT2D eigenvalue weighted by Gasteiger charge is -2.40. The van der Waals surface area contributed by atoms with Crippen LogP contribution in [0.15, 0.2) is 314 Å². The summed E-state index contributed by atoms with van der Waals surface area (Å²) < 4.78 is 5.18. The summed E-state index contributed by atoms with van der Waals surface area (Å²) in [6.07, 6.45) is 21.9. The lowest BCUT2D eigenvalue weighted by atomic mass is 9.63. The summed E-state index contributed by atoms with van der Waals surface area (Å²) in [5, 5.41) is 7.56. The predicted octanol–water partition coefficient (Wildman–Crippen LogP) is 22.0. The van der Waals surface area contributed by atoms with E-state index in [1.165, 1.54) is 127 Å². The molecule has 0 saturated carbocycles. The fourth-order valence-electron chi connectivity index (χ4n) is 17.6. The molecule has 3 atom stereocenters. The Kier molecular flexibility index (Phi) is 11.1. The summed E-state index contributed by atoms with van der Waals surface area (Å²) in [6, 6.07) is 96.6. The molecule has 3 heteroatoms. The molecule has 0 bridgehead atoms. The summed E-state index contributed by atoms with van der Waals surface area (Å²) in [6.45, 7) is 0. The topological polar surface area (TPSA) is 25.6 Å². The van der Waals surface area contributed by atoms with E-state index in [1.54, 1.807) is 11.1 Å². The molecule has 3 nitrogen and oxygen atoms in total. The second-order valence-corrected chi connectivity index (χ2v) is 25.6. The summed E-state index contributed by atoms with van der Waals surface area (Å²) in [7, 11) is 0. The number of nitrogens with zero attached hydrogens (tertiary/aromatic N) is 2. The van der Waals surface area contributed by atoms with E-state index in [0.29, 0.717) is 5.92 Å². The van der Waals surface area contributed by atoms with Crippen LogP contribution in [0.1, 0.15) is 72.4 Å². The van der Waals surface area contributed by atoms with Crippen molar-refractivity contribution in [3.05, 3.63) is 341 Å². The van der Waals surface area contributed by atoms with Gasteiger partial charge in [0.1, 0.15) is 0 Å². The van der Waals surface area contributed by atoms with Crippen molar-refractivity contribution in [1.29, 1.82) is 0 Å². The van der Waals surface area contributed by atoms with Gasteiger partial charge in [0.2, 0.25) is 0 Å². The van der Waals surface area contributed by atoms with Gasteiger partial charge >= 0.3 is 0 Å². The van der Waals surface area contributed by atoms with Crippen molar-refractivity contribution >= 4 is 65.4 Å². The molecule has 0 spiro atoms. The number of aromatic amines is 1. The van der Waals surface area contributed by atoms with Crippen molar-refractivity contribution in [2.45, 2.75) is 55.4 Å². The summed E-state index contributed by atoms with van der Waals surface area (Å²) in [4.78, 5) is 3.80. The van der Waals surface area contributed by atoms with Gasteiger partial charge in [0.05, 0.1) is 27.9 Å². The third kappa shape index (κ3) is 7.22. The molecule has 3 aromatic heterocycles. The van der Waals surface area contributed by atoms with Gasteiger partial charge in [-0.3, -0.25) is 0 Å². The molecule has 0 saturated heterocycles. The van der Waals surface area contributed by atoms with Gasteiger partial charge < -0.3 is 14.1 Å². The minimum Gasteiger partial charge on any atom is -0.355 e. The number of hydrogen-bond donors (Lipinski definition) is 1. The SMILES string of the molecule is C1=CC(C2(c3ccccc3)C3=CC(n4c5ccccc5c5cc(-c6ccc7[nH]c8ccc(-c9ccc%10c(c9)c9ccccc9n%10-c9ccc%10c(c9)C(c9ccccc9)(c9ccccc9)c9ccccc9-%10)cc8c7c6)ccc54)CCC3C3=C2C=CCC3)=CCC1. The number of hydrogen-bond acceptors (Lipinski definition) is 0. The number of nitrogens with one attached hydrogen (secondary N) is 1. The van der Waals surface area contributed by atoms with Gasteiger partial charge in [-0.05, 0) is 189 Å². The maximum absolute atomic E-state index is 3.80. The van der Waals surface area contributed by atoms with Gasteiger partial charge in [0.15, 0.2) is 0 Å². The van der Waals surface area contributed by atoms with Gasteiger partial charge in [0, 0.05) is 66.0 Å². The first-order valence-corrected chi connectivity index (χ1v) is 32.2. The second-order valence-electron chi connectivity index (χ2n) is 25.6. The Labute approximate surface area is 518 Å². The summed E-state index contributed by atoms with van der Waals surface area (Å²) >= 11 is 0. The molecule has 1 N–H and O–H groups in total. The highest BCUT2D eigenvalue weighted by molar-refractivity contribution is 6.14. The zero-order valence-electron chi connectivity index (χ0n) is 49.5. The molecular formula is C86H63N3. The Morgan fingerprint density at radius 2 is 0.933 bits per heavy atom. The zero-order chi connectivity index (χ0) is 58.4. The Balaban J connectivity index is 0.701. The number of allylic oxidation sites excluding steroid dienone is 10. The van der Waals surface area contributed by atoms with E-state index in [1.807, 2.05) is 0 Å². The van der Waals surface area contributed by atoms with Crippen LogP contribution >= 0.6 is 0 Å². The minimum atomic E-state index is -0.486. The van der Waals surface area contributed by atoms with Crippen LogP contribution in [0.4, 0.5) is 0 Å². The first kappa shape index (κ1) is 50.6. The lowest BCUT2D eigenvalue weighted by molar-refractivity contribution is 0.455. The fraction of sp³-hybridized carbons (Fsp3) is 0.116. The Bertz CT molecular complexity index is 5400. The van der Waals surface area contributed by atoms with Crippen molar-refractivity contribution in [2.75, 3.05) is 0 Å². The standard InChI is InChI=1S/C86H63N3/c1-5-21-59(22-6-1)85(60-23-7-2-8-24-60)75-33-17-13-29-65(75)67-43-41-63(53-77(67)85)88-81-35-19-15-31-69(81)73-51-57(39-47-83(73)88)55-37-45-79-71(49-55)72-50-56(38-46-80(72)87-79)58-40-48-84-74(52-58)70-32-16-20-36-82(70)89(84)64-42-44-68-66-30-14-18-34-76(66)86(78(68)54-64,61-25-9-3-10-26-61)62-27-11-4-12-28-62/h1-3,5-11,13,15-29,31-41,43,45-54,64,68,87H,4,12,14,30,42,44H2. The molecule has 5 aliphatic rings. The second kappa shape index (κ2) is 19.5. The first-order chi connectivity index (χ1) is 44.1. The summed E-state index contributed by atoms with van der Waals surface area (Å²) in [5.41, 5.74) is 27.9. The number of H-pyrrole nitrogens is 1. The van der Waals surface area contributed by atoms with Crippen LogP contribution in [0, 0.1) is 5.92 Å². The first-order valence-electron chi connectivity index (χ1n) is 32.2. The quantitative estimate of drug-likeness (QED) is 0.147. The van der Waals surface area contributed by atoms with Gasteiger partial charge in [-0.15, -0.1) is 0 Å². The molecule has 3 heterocycles. The third-order valence-corrected chi connectivity index (χ3v) is 21.3. The molecular weight excluding hydrogens is 1070 g/mol. The van der Waals surface area contributed by atoms with Gasteiger partial charge in [-0.2, -0.15) is 0 Å². The van der Waals surface area contributed by atoms with Crippen molar-refractivity contribution in [3.63, 3.8) is 0 Å². The van der Waals surface area contributed by atoms with Crippen LogP contribution in [0.2, 0.25) is 0 Å². The summed E-state index contributed by atoms with van der Waals surface area (Å²) in [5.74, 6) is 0.458. The molecule has 422 valence electrons. The van der Waals surface area contributed by atoms with Crippen molar-refractivity contribution < 1.29 is 0 Å². The van der Waals surface area contributed by atoms with Gasteiger partial charge in [-0.1, -0.05) is 224 Å². The third-order valence-electron chi connectivity index (χ3n) is 21.3. The average molecular weight is 1140 g/mol. The van der Waals surface area contributed by atoms with Crippen LogP contribution < -0.4 is 0 Å². The molecule has 14 aromatic rings. The van der Waals surface area contributed by atoms with Crippen LogP contribution in [0.25, 0.3) is 104 Å². The van der Waals surface area contributed by atoms with Gasteiger partial charge in [0.25, 0.3) is 0 Å². The van der Waals surface area contributed by atoms with Crippen molar-refractivity contribution in [1.82, 2.24) is 14.1 Å². The number of rotatable bonds is 8. The molecule has 3 unspecified atom stereocenters. The van der Waals surface area contributed by atoms with E-state index in [4.69, 9.17) is 0 Å². The van der Waals surface area contributed by atoms with Gasteiger partial charge in [-0.25, -0.2) is 0 Å². The van der Waals surface area contributed by atoms with Crippen LogP contribution in [-0.4, -0.2) is 14.1 Å². The number of para-hydroxylation sites is 2. The predicted molar refractivity (Wildman–Crippen MR) is 371 cm³/mol. The Morgan fingerprint density at radius 3 is 1.62 bits per heavy atom. The molecule has 0 radical (unpaired) electrons. The molecule has 19 rings (SSSR count). The van der Waals surface area contributed by atoms with Crippen LogP contribution in [0.3, 0.4) is 0 Å². The van der Waals surface area contributed by atoms with E-state index < -0.39 is 5.41 Å². The Morgan fingerprint density at radius 1 is 0.393 bits per heavy atom. The number of fused-ring (bicyclic) bond motifs is 14. The number of aromatic nitrogens is 3. The van der Waals surface area contributed by atoms with Crippen molar-refractivity contribution in [2.24, 2.45) is 5.92 Å². The molecule has 0 aliphatic heterocycles. The molecule has 0 fully saturated rings. The highest BCUT2D eigenvalue weighted by Crippen LogP contribution is 2.63. The molecule has 89 heavy (non-hydrogen) atoms. The smallest absolute Gasteiger partial charge is 0.0714 e. The monoisotopic (exact) mass is 1140 g/mol. The normalized spacial score (nSPS) is 19.1. The maximum atomic E-state index is 3.80. The zero-order valence-corrected chi connectivity index (χ0v) is 49.5. The van der Waals surface area contributed by atoms with E-state index in [9.17, 15) is 0 Å². The molecule has 11 aromatic carbocycles. The lowest BCUT2D eigenvalue weighted by Crippen LogP contribution is -2.33. The van der Waals surface area contributed by atoms with E-state index in [2.05, 4.69) is 305 Å². The molecule has 0 amide bonds. The number of benzene rings is 11. The van der Waals surface area contributed by atoms with Crippen LogP contribution in [-0.2, 0) is 10.8 Å². The fourth-order valence-corrected chi connectivity index (χ4v) is 17.6. The Hall–Kier alpha value is -10.5. The van der Waals surface area contributed by atoms with Crippen LogP contribution in [0.5, 0.6) is 0 Å². The minimum absolute atomic E-state index is 0.219. The largest absolute Gasteiger partial charge is 0.355 e. The van der Waals surface area contributed by atoms with E-state index >= 15 is 0 Å². The average Bonchev–Trinajstić information content (AvgIpc) is 1.58.